The number of hydrogen-bond acceptors (Lipinski definition) is 3. The van der Waals surface area contributed by atoms with Crippen LogP contribution in [-0.4, -0.2) is 7.11 Å². The maximum absolute atomic E-state index is 12.0. The Morgan fingerprint density at radius 1 is 0.846 bits per heavy atom. The maximum atomic E-state index is 12.0. The van der Waals surface area contributed by atoms with Crippen molar-refractivity contribution >= 4 is 22.6 Å². The van der Waals surface area contributed by atoms with E-state index in [0.29, 0.717) is 10.6 Å². The van der Waals surface area contributed by atoms with Gasteiger partial charge in [-0.15, -0.1) is 0 Å². The van der Waals surface area contributed by atoms with Gasteiger partial charge in [0.1, 0.15) is 11.3 Å². The number of rotatable bonds is 3. The summed E-state index contributed by atoms with van der Waals surface area (Å²) in [6.07, 6.45) is 0. The Kier molecular flexibility index (Phi) is 4.23. The van der Waals surface area contributed by atoms with E-state index >= 15 is 0 Å². The first kappa shape index (κ1) is 16.4. The molecular weight excluding hydrogens is 348 g/mol. The first-order valence-electron chi connectivity index (χ1n) is 8.12. The van der Waals surface area contributed by atoms with Gasteiger partial charge in [-0.25, -0.2) is 4.79 Å². The van der Waals surface area contributed by atoms with Gasteiger partial charge in [-0.3, -0.25) is 0 Å². The van der Waals surface area contributed by atoms with Crippen molar-refractivity contribution in [2.45, 2.75) is 0 Å². The molecule has 26 heavy (non-hydrogen) atoms. The molecule has 3 aromatic carbocycles. The third-order valence-electron chi connectivity index (χ3n) is 4.30. The van der Waals surface area contributed by atoms with Crippen LogP contribution in [0, 0.1) is 0 Å². The lowest BCUT2D eigenvalue weighted by molar-refractivity contribution is 0.415. The van der Waals surface area contributed by atoms with Gasteiger partial charge in [0.2, 0.25) is 0 Å². The predicted molar refractivity (Wildman–Crippen MR) is 105 cm³/mol. The average molecular weight is 363 g/mol. The maximum Gasteiger partial charge on any atom is 0.336 e. The Hall–Kier alpha value is -3.04. The van der Waals surface area contributed by atoms with Gasteiger partial charge in [0.25, 0.3) is 0 Å². The minimum atomic E-state index is -0.376. The third-order valence-corrected chi connectivity index (χ3v) is 4.54. The van der Waals surface area contributed by atoms with Crippen LogP contribution in [0.2, 0.25) is 5.02 Å². The standard InChI is InChI=1S/C22H15ClO3/c1-25-18-8-5-14(6-9-18)19-13-22(24)26-21-10-7-16(12-20(19)21)15-3-2-4-17(23)11-15/h2-13H,1H3. The summed E-state index contributed by atoms with van der Waals surface area (Å²) in [4.78, 5) is 12.0. The minimum absolute atomic E-state index is 0.376. The lowest BCUT2D eigenvalue weighted by Gasteiger charge is -2.09. The Labute approximate surface area is 155 Å². The summed E-state index contributed by atoms with van der Waals surface area (Å²) >= 11 is 6.12. The number of halogens is 1. The van der Waals surface area contributed by atoms with E-state index in [1.807, 2.05) is 66.7 Å². The molecule has 0 spiro atoms. The molecule has 0 atom stereocenters. The van der Waals surface area contributed by atoms with Gasteiger partial charge >= 0.3 is 5.63 Å². The molecule has 0 bridgehead atoms. The van der Waals surface area contributed by atoms with Crippen molar-refractivity contribution in [2.75, 3.05) is 7.11 Å². The van der Waals surface area contributed by atoms with Crippen LogP contribution in [-0.2, 0) is 0 Å². The normalized spacial score (nSPS) is 10.8. The van der Waals surface area contributed by atoms with E-state index in [2.05, 4.69) is 0 Å². The zero-order valence-electron chi connectivity index (χ0n) is 14.0. The summed E-state index contributed by atoms with van der Waals surface area (Å²) in [6.45, 7) is 0. The first-order valence-corrected chi connectivity index (χ1v) is 8.50. The van der Waals surface area contributed by atoms with Crippen LogP contribution in [0.3, 0.4) is 0 Å². The number of ether oxygens (including phenoxy) is 1. The van der Waals surface area contributed by atoms with Gasteiger partial charge in [-0.05, 0) is 58.7 Å². The second kappa shape index (κ2) is 6.70. The zero-order chi connectivity index (χ0) is 18.1. The highest BCUT2D eigenvalue weighted by atomic mass is 35.5. The van der Waals surface area contributed by atoms with Crippen LogP contribution in [0.15, 0.2) is 82.0 Å². The van der Waals surface area contributed by atoms with E-state index in [-0.39, 0.29) is 5.63 Å². The molecule has 0 aliphatic rings. The molecule has 4 heteroatoms. The highest BCUT2D eigenvalue weighted by Gasteiger charge is 2.10. The molecular formula is C22H15ClO3. The molecule has 0 saturated heterocycles. The van der Waals surface area contributed by atoms with Crippen LogP contribution >= 0.6 is 11.6 Å². The molecule has 0 fully saturated rings. The topological polar surface area (TPSA) is 39.4 Å². The van der Waals surface area contributed by atoms with E-state index in [0.717, 1.165) is 33.4 Å². The molecule has 0 radical (unpaired) electrons. The molecule has 128 valence electrons. The fourth-order valence-electron chi connectivity index (χ4n) is 3.02. The van der Waals surface area contributed by atoms with Crippen LogP contribution in [0.5, 0.6) is 5.75 Å². The van der Waals surface area contributed by atoms with E-state index in [1.54, 1.807) is 7.11 Å². The number of hydrogen-bond donors (Lipinski definition) is 0. The van der Waals surface area contributed by atoms with Gasteiger partial charge in [0, 0.05) is 16.5 Å². The fraction of sp³-hybridized carbons (Fsp3) is 0.0455. The van der Waals surface area contributed by atoms with Gasteiger partial charge in [-0.1, -0.05) is 41.9 Å². The first-order chi connectivity index (χ1) is 12.6. The van der Waals surface area contributed by atoms with E-state index in [9.17, 15) is 4.79 Å². The summed E-state index contributed by atoms with van der Waals surface area (Å²) in [5.41, 5.74) is 3.93. The van der Waals surface area contributed by atoms with Crippen LogP contribution in [0.1, 0.15) is 0 Å². The lowest BCUT2D eigenvalue weighted by atomic mass is 9.98. The highest BCUT2D eigenvalue weighted by molar-refractivity contribution is 6.30. The molecule has 0 aliphatic heterocycles. The smallest absolute Gasteiger partial charge is 0.336 e. The third kappa shape index (κ3) is 3.09. The van der Waals surface area contributed by atoms with Crippen LogP contribution < -0.4 is 10.4 Å². The SMILES string of the molecule is COc1ccc(-c2cc(=O)oc3ccc(-c4cccc(Cl)c4)cc23)cc1. The van der Waals surface area contributed by atoms with Crippen LogP contribution in [0.25, 0.3) is 33.2 Å². The van der Waals surface area contributed by atoms with E-state index in [1.165, 1.54) is 6.07 Å². The van der Waals surface area contributed by atoms with Gasteiger partial charge in [0.15, 0.2) is 0 Å². The van der Waals surface area contributed by atoms with Crippen molar-refractivity contribution in [3.63, 3.8) is 0 Å². The van der Waals surface area contributed by atoms with Crippen molar-refractivity contribution in [2.24, 2.45) is 0 Å². The highest BCUT2D eigenvalue weighted by Crippen LogP contribution is 2.32. The number of methoxy groups -OCH3 is 1. The molecule has 0 aliphatic carbocycles. The molecule has 0 saturated carbocycles. The minimum Gasteiger partial charge on any atom is -0.497 e. The summed E-state index contributed by atoms with van der Waals surface area (Å²) < 4.78 is 10.6. The molecule has 3 nitrogen and oxygen atoms in total. The van der Waals surface area contributed by atoms with Crippen LogP contribution in [0.4, 0.5) is 0 Å². The van der Waals surface area contributed by atoms with E-state index < -0.39 is 0 Å². The number of fused-ring (bicyclic) bond motifs is 1. The molecule has 0 amide bonds. The summed E-state index contributed by atoms with van der Waals surface area (Å²) in [5.74, 6) is 0.764. The fourth-order valence-corrected chi connectivity index (χ4v) is 3.21. The summed E-state index contributed by atoms with van der Waals surface area (Å²) in [5, 5.41) is 1.55. The van der Waals surface area contributed by atoms with Gasteiger partial charge < -0.3 is 9.15 Å². The van der Waals surface area contributed by atoms with Gasteiger partial charge in [-0.2, -0.15) is 0 Å². The van der Waals surface area contributed by atoms with Crippen molar-refractivity contribution in [1.29, 1.82) is 0 Å². The van der Waals surface area contributed by atoms with Crippen molar-refractivity contribution in [1.82, 2.24) is 0 Å². The molecule has 4 rings (SSSR count). The predicted octanol–water partition coefficient (Wildman–Crippen LogP) is 5.79. The van der Waals surface area contributed by atoms with Crippen molar-refractivity contribution < 1.29 is 9.15 Å². The Morgan fingerprint density at radius 3 is 2.31 bits per heavy atom. The summed E-state index contributed by atoms with van der Waals surface area (Å²) in [6, 6.07) is 22.6. The molecule has 0 N–H and O–H groups in total. The van der Waals surface area contributed by atoms with Gasteiger partial charge in [0.05, 0.1) is 7.11 Å². The monoisotopic (exact) mass is 362 g/mol. The second-order valence-electron chi connectivity index (χ2n) is 5.93. The quantitative estimate of drug-likeness (QED) is 0.433. The molecule has 1 aromatic heterocycles. The zero-order valence-corrected chi connectivity index (χ0v) is 14.8. The Bertz CT molecular complexity index is 1140. The molecule has 4 aromatic rings. The van der Waals surface area contributed by atoms with Crippen molar-refractivity contribution in [3.05, 3.63) is 88.2 Å². The molecule has 0 unspecified atom stereocenters. The summed E-state index contributed by atoms with van der Waals surface area (Å²) in [7, 11) is 1.62. The Balaban J connectivity index is 1.93. The average Bonchev–Trinajstić information content (AvgIpc) is 2.67. The Morgan fingerprint density at radius 2 is 1.58 bits per heavy atom. The van der Waals surface area contributed by atoms with E-state index in [4.69, 9.17) is 20.8 Å². The number of benzene rings is 3. The second-order valence-corrected chi connectivity index (χ2v) is 6.37. The largest absolute Gasteiger partial charge is 0.497 e. The molecule has 1 heterocycles. The van der Waals surface area contributed by atoms with Crippen molar-refractivity contribution in [3.8, 4) is 28.0 Å². The lowest BCUT2D eigenvalue weighted by Crippen LogP contribution is -1.98.